The van der Waals surface area contributed by atoms with Crippen LogP contribution in [-0.2, 0) is 19.1 Å². The van der Waals surface area contributed by atoms with Crippen molar-refractivity contribution in [3.05, 3.63) is 65.7 Å². The molecule has 27 heavy (non-hydrogen) atoms. The number of hydrogen-bond donors (Lipinski definition) is 0. The molecule has 0 aromatic heterocycles. The Morgan fingerprint density at radius 3 is 2.30 bits per heavy atom. The molecule has 0 fully saturated rings. The van der Waals surface area contributed by atoms with Gasteiger partial charge in [0.1, 0.15) is 6.54 Å². The minimum atomic E-state index is -1.13. The molecule has 0 saturated carbocycles. The van der Waals surface area contributed by atoms with Crippen molar-refractivity contribution in [1.29, 1.82) is 0 Å². The maximum absolute atomic E-state index is 12.5. The zero-order chi connectivity index (χ0) is 19.6. The summed E-state index contributed by atoms with van der Waals surface area (Å²) in [4.78, 5) is 51.5. The van der Waals surface area contributed by atoms with Crippen LogP contribution in [0.4, 0.5) is 5.69 Å². The van der Waals surface area contributed by atoms with Crippen molar-refractivity contribution in [2.75, 3.05) is 25.5 Å². The molecule has 2 amide bonds. The summed E-state index contributed by atoms with van der Waals surface area (Å²) in [5.74, 6) is -2.64. The molecule has 2 aromatic rings. The average molecular weight is 366 g/mol. The van der Waals surface area contributed by atoms with Gasteiger partial charge in [-0.3, -0.25) is 24.1 Å². The number of anilines is 1. The Labute approximate surface area is 156 Å². The largest absolute Gasteiger partial charge is 0.446 e. The first kappa shape index (κ1) is 18.3. The quantitative estimate of drug-likeness (QED) is 0.593. The average Bonchev–Trinajstić information content (AvgIpc) is 2.91. The summed E-state index contributed by atoms with van der Waals surface area (Å²) in [7, 11) is 3.12. The third-order valence-electron chi connectivity index (χ3n) is 4.18. The van der Waals surface area contributed by atoms with Crippen molar-refractivity contribution in [3.63, 3.8) is 0 Å². The molecule has 2 aromatic carbocycles. The molecule has 7 nitrogen and oxygen atoms in total. The van der Waals surface area contributed by atoms with Crippen LogP contribution in [0.15, 0.2) is 54.6 Å². The standard InChI is InChI=1S/C20H18N2O5/c1-21(2)20(26)18(13-8-4-3-5-9-13)27-16(23)12-22-15-11-7-6-10-14(15)17(24)19(22)25/h3-11,18H,12H2,1-2H3/t18-/m0/s1. The van der Waals surface area contributed by atoms with Crippen LogP contribution in [0.3, 0.4) is 0 Å². The minimum absolute atomic E-state index is 0.249. The topological polar surface area (TPSA) is 84.0 Å². The van der Waals surface area contributed by atoms with E-state index in [0.717, 1.165) is 4.90 Å². The highest BCUT2D eigenvalue weighted by Gasteiger charge is 2.37. The summed E-state index contributed by atoms with van der Waals surface area (Å²) >= 11 is 0. The molecule has 0 radical (unpaired) electrons. The third kappa shape index (κ3) is 3.57. The van der Waals surface area contributed by atoms with E-state index in [0.29, 0.717) is 11.3 Å². The third-order valence-corrected chi connectivity index (χ3v) is 4.18. The Hall–Kier alpha value is -3.48. The van der Waals surface area contributed by atoms with Gasteiger partial charge in [0.05, 0.1) is 11.3 Å². The first-order chi connectivity index (χ1) is 12.9. The number of rotatable bonds is 5. The van der Waals surface area contributed by atoms with E-state index in [1.165, 1.54) is 11.0 Å². The second-order valence-electron chi connectivity index (χ2n) is 6.25. The molecule has 1 atom stereocenters. The van der Waals surface area contributed by atoms with Crippen LogP contribution in [0.5, 0.6) is 0 Å². The van der Waals surface area contributed by atoms with Gasteiger partial charge in [0.15, 0.2) is 0 Å². The lowest BCUT2D eigenvalue weighted by molar-refractivity contribution is -0.158. The molecule has 0 saturated heterocycles. The lowest BCUT2D eigenvalue weighted by atomic mass is 10.1. The Morgan fingerprint density at radius 1 is 1.00 bits per heavy atom. The van der Waals surface area contributed by atoms with Gasteiger partial charge in [-0.15, -0.1) is 0 Å². The maximum Gasteiger partial charge on any atom is 0.327 e. The van der Waals surface area contributed by atoms with Gasteiger partial charge in [-0.25, -0.2) is 0 Å². The number of ether oxygens (including phenoxy) is 1. The number of benzene rings is 2. The van der Waals surface area contributed by atoms with E-state index in [2.05, 4.69) is 0 Å². The molecule has 1 heterocycles. The zero-order valence-electron chi connectivity index (χ0n) is 14.9. The van der Waals surface area contributed by atoms with Crippen molar-refractivity contribution < 1.29 is 23.9 Å². The van der Waals surface area contributed by atoms with Crippen molar-refractivity contribution in [2.24, 2.45) is 0 Å². The monoisotopic (exact) mass is 366 g/mol. The number of carbonyl (C=O) groups is 4. The molecule has 1 aliphatic heterocycles. The number of para-hydroxylation sites is 1. The van der Waals surface area contributed by atoms with Crippen LogP contribution in [0.1, 0.15) is 22.0 Å². The molecule has 3 rings (SSSR count). The number of nitrogens with zero attached hydrogens (tertiary/aromatic N) is 2. The number of fused-ring (bicyclic) bond motifs is 1. The van der Waals surface area contributed by atoms with Crippen LogP contribution in [0, 0.1) is 0 Å². The van der Waals surface area contributed by atoms with Gasteiger partial charge in [0.25, 0.3) is 17.6 Å². The van der Waals surface area contributed by atoms with Gasteiger partial charge < -0.3 is 9.64 Å². The van der Waals surface area contributed by atoms with Crippen LogP contribution >= 0.6 is 0 Å². The van der Waals surface area contributed by atoms with Crippen molar-refractivity contribution in [1.82, 2.24) is 4.90 Å². The zero-order valence-corrected chi connectivity index (χ0v) is 14.9. The molecule has 138 valence electrons. The summed E-state index contributed by atoms with van der Waals surface area (Å²) in [6, 6.07) is 15.1. The van der Waals surface area contributed by atoms with E-state index in [9.17, 15) is 19.2 Å². The summed E-state index contributed by atoms with van der Waals surface area (Å²) in [5.41, 5.74) is 1.13. The minimum Gasteiger partial charge on any atom is -0.446 e. The Kier molecular flexibility index (Phi) is 5.03. The van der Waals surface area contributed by atoms with Crippen LogP contribution in [0.2, 0.25) is 0 Å². The summed E-state index contributed by atoms with van der Waals surface area (Å²) in [5, 5.41) is 0. The van der Waals surface area contributed by atoms with Crippen LogP contribution in [-0.4, -0.2) is 49.1 Å². The fourth-order valence-electron chi connectivity index (χ4n) is 2.83. The number of carbonyl (C=O) groups excluding carboxylic acids is 4. The first-order valence-electron chi connectivity index (χ1n) is 8.31. The van der Waals surface area contributed by atoms with Crippen LogP contribution < -0.4 is 4.90 Å². The summed E-state index contributed by atoms with van der Waals surface area (Å²) in [6.07, 6.45) is -1.13. The smallest absolute Gasteiger partial charge is 0.327 e. The van der Waals surface area contributed by atoms with Gasteiger partial charge in [-0.1, -0.05) is 42.5 Å². The molecule has 0 unspecified atom stereocenters. The second kappa shape index (κ2) is 7.41. The lowest BCUT2D eigenvalue weighted by Gasteiger charge is -2.22. The Balaban J connectivity index is 1.80. The summed E-state index contributed by atoms with van der Waals surface area (Å²) in [6.45, 7) is -0.453. The molecular formula is C20H18N2O5. The van der Waals surface area contributed by atoms with Crippen molar-refractivity contribution in [3.8, 4) is 0 Å². The lowest BCUT2D eigenvalue weighted by Crippen LogP contribution is -2.38. The van der Waals surface area contributed by atoms with E-state index in [4.69, 9.17) is 4.74 Å². The number of Topliss-reactive ketones (excluding diaryl/α,β-unsaturated/α-hetero) is 1. The molecule has 1 aliphatic rings. The highest BCUT2D eigenvalue weighted by atomic mass is 16.5. The first-order valence-corrected chi connectivity index (χ1v) is 8.31. The van der Waals surface area contributed by atoms with Crippen molar-refractivity contribution in [2.45, 2.75) is 6.10 Å². The van der Waals surface area contributed by atoms with Gasteiger partial charge in [-0.05, 0) is 12.1 Å². The molecule has 0 N–H and O–H groups in total. The number of amides is 2. The number of esters is 1. The predicted molar refractivity (Wildman–Crippen MR) is 97.1 cm³/mol. The van der Waals surface area contributed by atoms with E-state index < -0.39 is 36.2 Å². The normalized spacial score (nSPS) is 13.9. The summed E-state index contributed by atoms with van der Waals surface area (Å²) < 4.78 is 5.38. The Bertz CT molecular complexity index is 908. The van der Waals surface area contributed by atoms with Crippen LogP contribution in [0.25, 0.3) is 0 Å². The number of hydrogen-bond acceptors (Lipinski definition) is 5. The highest BCUT2D eigenvalue weighted by molar-refractivity contribution is 6.52. The van der Waals surface area contributed by atoms with Gasteiger partial charge >= 0.3 is 5.97 Å². The van der Waals surface area contributed by atoms with Gasteiger partial charge in [0.2, 0.25) is 6.10 Å². The molecule has 0 bridgehead atoms. The van der Waals surface area contributed by atoms with Crippen molar-refractivity contribution >= 4 is 29.3 Å². The molecule has 0 aliphatic carbocycles. The predicted octanol–water partition coefficient (Wildman–Crippen LogP) is 1.59. The Morgan fingerprint density at radius 2 is 1.63 bits per heavy atom. The fraction of sp³-hybridized carbons (Fsp3) is 0.200. The van der Waals surface area contributed by atoms with E-state index in [1.807, 2.05) is 0 Å². The van der Waals surface area contributed by atoms with E-state index in [1.54, 1.807) is 62.6 Å². The number of likely N-dealkylation sites (N-methyl/N-ethyl adjacent to an activating group) is 1. The van der Waals surface area contributed by atoms with Gasteiger partial charge in [-0.2, -0.15) is 0 Å². The molecule has 7 heteroatoms. The second-order valence-corrected chi connectivity index (χ2v) is 6.25. The van der Waals surface area contributed by atoms with E-state index in [-0.39, 0.29) is 5.56 Å². The fourth-order valence-corrected chi connectivity index (χ4v) is 2.83. The molecular weight excluding hydrogens is 348 g/mol. The highest BCUT2D eigenvalue weighted by Crippen LogP contribution is 2.28. The van der Waals surface area contributed by atoms with E-state index >= 15 is 0 Å². The van der Waals surface area contributed by atoms with Gasteiger partial charge in [0, 0.05) is 19.7 Å². The molecule has 0 spiro atoms. The number of ketones is 1. The maximum atomic E-state index is 12.5. The SMILES string of the molecule is CN(C)C(=O)[C@@H](OC(=O)CN1C(=O)C(=O)c2ccccc21)c1ccccc1.